The van der Waals surface area contributed by atoms with Crippen LogP contribution in [0.2, 0.25) is 0 Å². The highest BCUT2D eigenvalue weighted by molar-refractivity contribution is 5.75. The highest BCUT2D eigenvalue weighted by Crippen LogP contribution is 2.44. The first kappa shape index (κ1) is 12.5. The Hall–Kier alpha value is -1.55. The predicted molar refractivity (Wildman–Crippen MR) is 74.9 cm³/mol. The third kappa shape index (κ3) is 1.74. The van der Waals surface area contributed by atoms with Crippen LogP contribution in [0.4, 0.5) is 4.79 Å². The Balaban J connectivity index is 2.12. The number of hydrogen-bond acceptors (Lipinski definition) is 2. The van der Waals surface area contributed by atoms with Gasteiger partial charge in [-0.1, -0.05) is 23.8 Å². The number of nitrogens with zero attached hydrogens (tertiary/aromatic N) is 1. The van der Waals surface area contributed by atoms with E-state index < -0.39 is 0 Å². The number of aryl methyl sites for hydroxylation is 2. The van der Waals surface area contributed by atoms with E-state index in [1.165, 1.54) is 16.7 Å². The monoisotopic (exact) mass is 259 g/mol. The van der Waals surface area contributed by atoms with Crippen LogP contribution >= 0.6 is 0 Å². The van der Waals surface area contributed by atoms with Gasteiger partial charge in [0.25, 0.3) is 0 Å². The smallest absolute Gasteiger partial charge is 0.315 e. The van der Waals surface area contributed by atoms with Crippen LogP contribution in [-0.2, 0) is 5.54 Å². The number of amides is 2. The Morgan fingerprint density at radius 3 is 2.95 bits per heavy atom. The minimum Gasteiger partial charge on any atom is -0.351 e. The molecule has 3 N–H and O–H groups in total. The number of benzene rings is 1. The Labute approximate surface area is 114 Å². The summed E-state index contributed by atoms with van der Waals surface area (Å²) in [6.45, 7) is 5.88. The van der Waals surface area contributed by atoms with E-state index in [4.69, 9.17) is 5.73 Å². The van der Waals surface area contributed by atoms with E-state index in [-0.39, 0.29) is 17.6 Å². The maximum absolute atomic E-state index is 11.9. The molecule has 2 fully saturated rings. The van der Waals surface area contributed by atoms with Gasteiger partial charge in [-0.15, -0.1) is 0 Å². The molecule has 0 aromatic heterocycles. The van der Waals surface area contributed by atoms with Gasteiger partial charge < -0.3 is 16.0 Å². The van der Waals surface area contributed by atoms with Crippen molar-refractivity contribution in [1.29, 1.82) is 0 Å². The SMILES string of the molecule is Cc1ccc(C23CCC(CNC2)N3C(N)=O)c(C)c1. The molecule has 0 saturated carbocycles. The van der Waals surface area contributed by atoms with Gasteiger partial charge in [0.1, 0.15) is 0 Å². The molecule has 0 radical (unpaired) electrons. The van der Waals surface area contributed by atoms with E-state index in [1.807, 2.05) is 4.90 Å². The maximum Gasteiger partial charge on any atom is 0.315 e. The summed E-state index contributed by atoms with van der Waals surface area (Å²) in [4.78, 5) is 13.8. The normalized spacial score (nSPS) is 29.6. The molecule has 0 spiro atoms. The Bertz CT molecular complexity index is 524. The zero-order valence-electron chi connectivity index (χ0n) is 11.6. The topological polar surface area (TPSA) is 58.4 Å². The number of hydrogen-bond donors (Lipinski definition) is 2. The molecule has 0 aliphatic carbocycles. The van der Waals surface area contributed by atoms with Crippen molar-refractivity contribution in [3.05, 3.63) is 34.9 Å². The van der Waals surface area contributed by atoms with Gasteiger partial charge in [0.15, 0.2) is 0 Å². The van der Waals surface area contributed by atoms with Gasteiger partial charge in [-0.05, 0) is 37.8 Å². The number of primary amides is 1. The van der Waals surface area contributed by atoms with Crippen LogP contribution in [0.15, 0.2) is 18.2 Å². The van der Waals surface area contributed by atoms with Crippen LogP contribution in [-0.4, -0.2) is 30.1 Å². The van der Waals surface area contributed by atoms with E-state index in [0.29, 0.717) is 0 Å². The first-order chi connectivity index (χ1) is 9.04. The second-order valence-corrected chi connectivity index (χ2v) is 5.88. The number of piperazine rings is 1. The van der Waals surface area contributed by atoms with E-state index in [2.05, 4.69) is 37.4 Å². The Morgan fingerprint density at radius 2 is 2.26 bits per heavy atom. The Morgan fingerprint density at radius 1 is 1.47 bits per heavy atom. The van der Waals surface area contributed by atoms with Gasteiger partial charge in [-0.2, -0.15) is 0 Å². The van der Waals surface area contributed by atoms with Crippen LogP contribution in [0.1, 0.15) is 29.5 Å². The zero-order valence-corrected chi connectivity index (χ0v) is 11.6. The summed E-state index contributed by atoms with van der Waals surface area (Å²) in [6.07, 6.45) is 2.03. The van der Waals surface area contributed by atoms with Crippen molar-refractivity contribution in [2.75, 3.05) is 13.1 Å². The molecule has 2 aliphatic rings. The van der Waals surface area contributed by atoms with Crippen molar-refractivity contribution in [1.82, 2.24) is 10.2 Å². The number of nitrogens with one attached hydrogen (secondary N) is 1. The van der Waals surface area contributed by atoms with Crippen molar-refractivity contribution in [2.24, 2.45) is 5.73 Å². The van der Waals surface area contributed by atoms with Gasteiger partial charge in [0.2, 0.25) is 0 Å². The largest absolute Gasteiger partial charge is 0.351 e. The van der Waals surface area contributed by atoms with Crippen molar-refractivity contribution >= 4 is 6.03 Å². The molecule has 2 unspecified atom stereocenters. The lowest BCUT2D eigenvalue weighted by Gasteiger charge is -2.45. The number of carbonyl (C=O) groups is 1. The molecule has 4 nitrogen and oxygen atoms in total. The average Bonchev–Trinajstić information content (AvgIpc) is 2.57. The van der Waals surface area contributed by atoms with Gasteiger partial charge in [-0.3, -0.25) is 0 Å². The molecule has 3 rings (SSSR count). The maximum atomic E-state index is 11.9. The van der Waals surface area contributed by atoms with Crippen molar-refractivity contribution in [3.8, 4) is 0 Å². The molecule has 102 valence electrons. The molecular formula is C15H21N3O. The third-order valence-electron chi connectivity index (χ3n) is 4.64. The van der Waals surface area contributed by atoms with Crippen LogP contribution in [0.25, 0.3) is 0 Å². The summed E-state index contributed by atoms with van der Waals surface area (Å²) in [5.41, 5.74) is 9.15. The minimum atomic E-state index is -0.288. The third-order valence-corrected chi connectivity index (χ3v) is 4.64. The summed E-state index contributed by atoms with van der Waals surface area (Å²) >= 11 is 0. The standard InChI is InChI=1S/C15H21N3O/c1-10-3-4-13(11(2)7-10)15-6-5-12(8-17-9-15)18(15)14(16)19/h3-4,7,12,17H,5-6,8-9H2,1-2H3,(H2,16,19). The molecule has 2 aliphatic heterocycles. The number of fused-ring (bicyclic) bond motifs is 2. The van der Waals surface area contributed by atoms with E-state index in [1.54, 1.807) is 0 Å². The lowest BCUT2D eigenvalue weighted by molar-refractivity contribution is 0.0991. The molecule has 4 heteroatoms. The number of nitrogens with two attached hydrogens (primary N) is 1. The number of rotatable bonds is 1. The Kier molecular flexibility index (Phi) is 2.78. The average molecular weight is 259 g/mol. The highest BCUT2D eigenvalue weighted by Gasteiger charge is 2.52. The number of carbonyl (C=O) groups excluding carboxylic acids is 1. The second kappa shape index (κ2) is 4.23. The van der Waals surface area contributed by atoms with Gasteiger partial charge in [0, 0.05) is 19.1 Å². The molecule has 1 aromatic rings. The molecule has 2 bridgehead atoms. The lowest BCUT2D eigenvalue weighted by atomic mass is 9.83. The molecule has 19 heavy (non-hydrogen) atoms. The fraction of sp³-hybridized carbons (Fsp3) is 0.533. The van der Waals surface area contributed by atoms with Gasteiger partial charge in [0.05, 0.1) is 5.54 Å². The highest BCUT2D eigenvalue weighted by atomic mass is 16.2. The van der Waals surface area contributed by atoms with E-state index in [9.17, 15) is 4.79 Å². The van der Waals surface area contributed by atoms with Gasteiger partial charge in [-0.25, -0.2) is 4.79 Å². The number of urea groups is 1. The summed E-state index contributed by atoms with van der Waals surface area (Å²) in [7, 11) is 0. The fourth-order valence-corrected chi connectivity index (χ4v) is 3.90. The predicted octanol–water partition coefficient (Wildman–Crippen LogP) is 1.65. The van der Waals surface area contributed by atoms with Crippen LogP contribution in [0.3, 0.4) is 0 Å². The molecule has 2 amide bonds. The molecule has 2 saturated heterocycles. The summed E-state index contributed by atoms with van der Waals surface area (Å²) in [5.74, 6) is 0. The van der Waals surface area contributed by atoms with Crippen molar-refractivity contribution < 1.29 is 4.79 Å². The van der Waals surface area contributed by atoms with Crippen LogP contribution in [0.5, 0.6) is 0 Å². The van der Waals surface area contributed by atoms with Gasteiger partial charge >= 0.3 is 6.03 Å². The molecular weight excluding hydrogens is 238 g/mol. The van der Waals surface area contributed by atoms with E-state index in [0.717, 1.165) is 25.9 Å². The summed E-state index contributed by atoms with van der Waals surface area (Å²) in [6, 6.07) is 6.43. The van der Waals surface area contributed by atoms with Crippen LogP contribution < -0.4 is 11.1 Å². The molecule has 1 aromatic carbocycles. The molecule has 2 atom stereocenters. The lowest BCUT2D eigenvalue weighted by Crippen LogP contribution is -2.61. The first-order valence-electron chi connectivity index (χ1n) is 6.92. The fourth-order valence-electron chi connectivity index (χ4n) is 3.90. The summed E-state index contributed by atoms with van der Waals surface area (Å²) in [5, 5.41) is 3.46. The van der Waals surface area contributed by atoms with Crippen molar-refractivity contribution in [3.63, 3.8) is 0 Å². The second-order valence-electron chi connectivity index (χ2n) is 5.88. The minimum absolute atomic E-state index is 0.243. The molecule has 2 heterocycles. The van der Waals surface area contributed by atoms with Crippen molar-refractivity contribution in [2.45, 2.75) is 38.3 Å². The van der Waals surface area contributed by atoms with E-state index >= 15 is 0 Å². The quantitative estimate of drug-likeness (QED) is 0.805. The zero-order chi connectivity index (χ0) is 13.6. The van der Waals surface area contributed by atoms with Crippen LogP contribution in [0, 0.1) is 13.8 Å². The first-order valence-corrected chi connectivity index (χ1v) is 6.92. The summed E-state index contributed by atoms with van der Waals surface area (Å²) < 4.78 is 0.